The van der Waals surface area contributed by atoms with Crippen LogP contribution in [0.5, 0.6) is 0 Å². The van der Waals surface area contributed by atoms with Gasteiger partial charge in [0.15, 0.2) is 0 Å². The lowest BCUT2D eigenvalue weighted by Crippen LogP contribution is -1.95. The van der Waals surface area contributed by atoms with Crippen molar-refractivity contribution in [2.45, 2.75) is 0 Å². The van der Waals surface area contributed by atoms with Gasteiger partial charge in [-0.15, -0.1) is 0 Å². The third-order valence-electron chi connectivity index (χ3n) is 8.64. The van der Waals surface area contributed by atoms with Gasteiger partial charge in [0.25, 0.3) is 0 Å². The van der Waals surface area contributed by atoms with E-state index in [-0.39, 0.29) is 0 Å². The van der Waals surface area contributed by atoms with Gasteiger partial charge in [0.05, 0.1) is 22.1 Å². The molecule has 0 fully saturated rings. The number of para-hydroxylation sites is 4. The Kier molecular flexibility index (Phi) is 4.26. The fraction of sp³-hybridized carbons (Fsp3) is 0.0270. The molecule has 3 heterocycles. The van der Waals surface area contributed by atoms with E-state index in [1.165, 1.54) is 76.8 Å². The van der Waals surface area contributed by atoms with Gasteiger partial charge in [0.1, 0.15) is 0 Å². The fourth-order valence-electron chi connectivity index (χ4n) is 6.86. The van der Waals surface area contributed by atoms with Crippen molar-refractivity contribution < 1.29 is 0 Å². The first kappa shape index (κ1) is 21.6. The summed E-state index contributed by atoms with van der Waals surface area (Å²) in [5.41, 5.74) is 9.77. The Balaban J connectivity index is 1.43. The maximum Gasteiger partial charge on any atom is 0.0548 e. The molecule has 9 rings (SSSR count). The minimum absolute atomic E-state index is 1.18. The van der Waals surface area contributed by atoms with Crippen molar-refractivity contribution in [3.63, 3.8) is 0 Å². The van der Waals surface area contributed by atoms with E-state index in [4.69, 9.17) is 0 Å². The molecule has 0 atom stereocenters. The van der Waals surface area contributed by atoms with Gasteiger partial charge in [-0.05, 0) is 60.7 Å². The molecule has 9 aromatic rings. The molecule has 0 aliphatic rings. The molecule has 40 heavy (non-hydrogen) atoms. The van der Waals surface area contributed by atoms with Crippen molar-refractivity contribution >= 4 is 65.4 Å². The van der Waals surface area contributed by atoms with E-state index >= 15 is 0 Å². The Hall–Kier alpha value is -5.28. The number of benzene rings is 6. The van der Waals surface area contributed by atoms with Crippen LogP contribution in [-0.2, 0) is 7.05 Å². The molecule has 0 bridgehead atoms. The van der Waals surface area contributed by atoms with Crippen molar-refractivity contribution in [3.05, 3.63) is 133 Å². The number of aryl methyl sites for hydroxylation is 1. The molecule has 0 amide bonds. The second-order valence-corrected chi connectivity index (χ2v) is 10.7. The lowest BCUT2D eigenvalue weighted by atomic mass is 10.1. The molecule has 0 saturated carbocycles. The quantitative estimate of drug-likeness (QED) is 0.219. The first-order valence-electron chi connectivity index (χ1n) is 13.8. The highest BCUT2D eigenvalue weighted by atomic mass is 15.0. The molecule has 0 unspecified atom stereocenters. The van der Waals surface area contributed by atoms with Crippen molar-refractivity contribution in [2.75, 3.05) is 0 Å². The standard InChI is InChI=1S/C37H25N3/c1-38-32-16-8-5-13-26(32)29-21-25(19-20-33(29)38)40-35-18-10-7-15-28(35)31-22-36-30(23-37(31)40)27-14-6-9-17-34(27)39(36)24-11-3-2-4-12-24/h2-23H,1H3. The summed E-state index contributed by atoms with van der Waals surface area (Å²) in [7, 11) is 2.16. The summed E-state index contributed by atoms with van der Waals surface area (Å²) in [5.74, 6) is 0. The Morgan fingerprint density at radius 3 is 1.40 bits per heavy atom. The summed E-state index contributed by atoms with van der Waals surface area (Å²) >= 11 is 0. The van der Waals surface area contributed by atoms with Gasteiger partial charge in [0.2, 0.25) is 0 Å². The minimum atomic E-state index is 1.18. The number of hydrogen-bond donors (Lipinski definition) is 0. The van der Waals surface area contributed by atoms with E-state index in [0.717, 1.165) is 0 Å². The number of rotatable bonds is 2. The summed E-state index contributed by atoms with van der Waals surface area (Å²) < 4.78 is 7.14. The highest BCUT2D eigenvalue weighted by molar-refractivity contribution is 6.19. The van der Waals surface area contributed by atoms with Crippen LogP contribution in [0.2, 0.25) is 0 Å². The van der Waals surface area contributed by atoms with Gasteiger partial charge >= 0.3 is 0 Å². The number of nitrogens with zero attached hydrogens (tertiary/aromatic N) is 3. The van der Waals surface area contributed by atoms with E-state index in [1.807, 2.05) is 0 Å². The monoisotopic (exact) mass is 511 g/mol. The predicted molar refractivity (Wildman–Crippen MR) is 169 cm³/mol. The van der Waals surface area contributed by atoms with Crippen LogP contribution in [0.4, 0.5) is 0 Å². The average molecular weight is 512 g/mol. The van der Waals surface area contributed by atoms with Crippen LogP contribution in [0.3, 0.4) is 0 Å². The van der Waals surface area contributed by atoms with E-state index in [0.29, 0.717) is 0 Å². The fourth-order valence-corrected chi connectivity index (χ4v) is 6.86. The summed E-state index contributed by atoms with van der Waals surface area (Å²) in [6.07, 6.45) is 0. The van der Waals surface area contributed by atoms with Crippen LogP contribution in [0.1, 0.15) is 0 Å². The number of fused-ring (bicyclic) bond motifs is 9. The van der Waals surface area contributed by atoms with E-state index in [2.05, 4.69) is 154 Å². The van der Waals surface area contributed by atoms with E-state index < -0.39 is 0 Å². The minimum Gasteiger partial charge on any atom is -0.344 e. The average Bonchev–Trinajstić information content (AvgIpc) is 3.62. The Labute approximate surface area is 230 Å². The van der Waals surface area contributed by atoms with Gasteiger partial charge in [-0.3, -0.25) is 0 Å². The summed E-state index contributed by atoms with van der Waals surface area (Å²) in [6.45, 7) is 0. The zero-order valence-corrected chi connectivity index (χ0v) is 22.0. The van der Waals surface area contributed by atoms with Crippen molar-refractivity contribution in [1.29, 1.82) is 0 Å². The Morgan fingerprint density at radius 2 is 0.775 bits per heavy atom. The topological polar surface area (TPSA) is 14.8 Å². The lowest BCUT2D eigenvalue weighted by Gasteiger charge is -2.10. The maximum atomic E-state index is 2.44. The Morgan fingerprint density at radius 1 is 0.325 bits per heavy atom. The smallest absolute Gasteiger partial charge is 0.0548 e. The third-order valence-corrected chi connectivity index (χ3v) is 8.64. The molecule has 0 N–H and O–H groups in total. The number of hydrogen-bond acceptors (Lipinski definition) is 0. The molecule has 0 saturated heterocycles. The Bertz CT molecular complexity index is 2430. The second-order valence-electron chi connectivity index (χ2n) is 10.7. The third kappa shape index (κ3) is 2.79. The molecule has 0 spiro atoms. The molecular weight excluding hydrogens is 486 g/mol. The second kappa shape index (κ2) is 7.87. The van der Waals surface area contributed by atoms with Crippen LogP contribution in [-0.4, -0.2) is 13.7 Å². The zero-order chi connectivity index (χ0) is 26.4. The van der Waals surface area contributed by atoms with Crippen LogP contribution in [0, 0.1) is 0 Å². The van der Waals surface area contributed by atoms with Crippen LogP contribution < -0.4 is 0 Å². The van der Waals surface area contributed by atoms with Gasteiger partial charge in [0, 0.05) is 61.8 Å². The molecule has 3 aromatic heterocycles. The molecule has 6 aromatic carbocycles. The van der Waals surface area contributed by atoms with Crippen molar-refractivity contribution in [1.82, 2.24) is 13.7 Å². The first-order valence-corrected chi connectivity index (χ1v) is 13.8. The SMILES string of the molecule is Cn1c2ccccc2c2cc(-n3c4ccccc4c4cc5c(cc43)c3ccccc3n5-c3ccccc3)ccc21. The van der Waals surface area contributed by atoms with E-state index in [1.54, 1.807) is 0 Å². The molecule has 3 nitrogen and oxygen atoms in total. The lowest BCUT2D eigenvalue weighted by molar-refractivity contribution is 1.01. The summed E-state index contributed by atoms with van der Waals surface area (Å²) in [6, 6.07) is 48.6. The van der Waals surface area contributed by atoms with Crippen LogP contribution >= 0.6 is 0 Å². The highest BCUT2D eigenvalue weighted by Gasteiger charge is 2.19. The van der Waals surface area contributed by atoms with Crippen LogP contribution in [0.15, 0.2) is 133 Å². The van der Waals surface area contributed by atoms with Gasteiger partial charge in [-0.1, -0.05) is 72.8 Å². The van der Waals surface area contributed by atoms with Gasteiger partial charge in [-0.2, -0.15) is 0 Å². The maximum absolute atomic E-state index is 2.44. The predicted octanol–water partition coefficient (Wildman–Crippen LogP) is 9.53. The normalized spacial score (nSPS) is 12.1. The summed E-state index contributed by atoms with van der Waals surface area (Å²) in [5, 5.41) is 7.63. The molecule has 188 valence electrons. The van der Waals surface area contributed by atoms with Crippen molar-refractivity contribution in [2.24, 2.45) is 7.05 Å². The zero-order valence-electron chi connectivity index (χ0n) is 22.0. The molecule has 0 aliphatic heterocycles. The van der Waals surface area contributed by atoms with Gasteiger partial charge in [-0.25, -0.2) is 0 Å². The number of aromatic nitrogens is 3. The highest BCUT2D eigenvalue weighted by Crippen LogP contribution is 2.40. The molecule has 3 heteroatoms. The summed E-state index contributed by atoms with van der Waals surface area (Å²) in [4.78, 5) is 0. The molecule has 0 aliphatic carbocycles. The molecule has 0 radical (unpaired) electrons. The largest absolute Gasteiger partial charge is 0.344 e. The molecular formula is C37H25N3. The van der Waals surface area contributed by atoms with Crippen LogP contribution in [0.25, 0.3) is 76.8 Å². The van der Waals surface area contributed by atoms with E-state index in [9.17, 15) is 0 Å². The first-order chi connectivity index (χ1) is 19.8. The van der Waals surface area contributed by atoms with Crippen molar-refractivity contribution in [3.8, 4) is 11.4 Å². The van der Waals surface area contributed by atoms with Gasteiger partial charge < -0.3 is 13.7 Å².